The van der Waals surface area contributed by atoms with Crippen LogP contribution < -0.4 is 0 Å². The molecule has 2 aromatic heterocycles. The van der Waals surface area contributed by atoms with E-state index in [2.05, 4.69) is 22.1 Å². The molecule has 0 aliphatic heterocycles. The number of unbranched alkanes of at least 4 members (excludes halogenated alkanes) is 4. The molecule has 0 spiro atoms. The van der Waals surface area contributed by atoms with E-state index in [4.69, 9.17) is 5.11 Å². The molecule has 2 rings (SSSR count). The van der Waals surface area contributed by atoms with Gasteiger partial charge in [-0.3, -0.25) is 14.8 Å². The van der Waals surface area contributed by atoms with E-state index >= 15 is 0 Å². The third-order valence-corrected chi connectivity index (χ3v) is 3.61. The molecule has 4 nitrogen and oxygen atoms in total. The van der Waals surface area contributed by atoms with E-state index in [1.54, 1.807) is 6.20 Å². The summed E-state index contributed by atoms with van der Waals surface area (Å²) in [5.74, 6) is -0.696. The van der Waals surface area contributed by atoms with Gasteiger partial charge in [-0.25, -0.2) is 0 Å². The number of rotatable bonds is 9. The van der Waals surface area contributed by atoms with Gasteiger partial charge in [-0.2, -0.15) is 0 Å². The first kappa shape index (κ1) is 16.1. The van der Waals surface area contributed by atoms with Crippen LogP contribution in [0.15, 0.2) is 42.7 Å². The summed E-state index contributed by atoms with van der Waals surface area (Å²) in [7, 11) is 0. The normalized spacial score (nSPS) is 10.5. The van der Waals surface area contributed by atoms with E-state index in [9.17, 15) is 4.79 Å². The van der Waals surface area contributed by atoms with Crippen LogP contribution in [0.5, 0.6) is 0 Å². The molecule has 0 bridgehead atoms. The van der Waals surface area contributed by atoms with E-state index in [0.717, 1.165) is 49.9 Å². The molecule has 0 aliphatic rings. The van der Waals surface area contributed by atoms with Gasteiger partial charge in [-0.05, 0) is 49.1 Å². The van der Waals surface area contributed by atoms with Gasteiger partial charge in [-0.1, -0.05) is 25.3 Å². The molecule has 0 saturated carbocycles. The van der Waals surface area contributed by atoms with Crippen molar-refractivity contribution >= 4 is 5.97 Å². The predicted octanol–water partition coefficient (Wildman–Crippen LogP) is 4.11. The fourth-order valence-corrected chi connectivity index (χ4v) is 2.42. The first-order valence-corrected chi connectivity index (χ1v) is 7.84. The Kier molecular flexibility index (Phi) is 6.55. The fraction of sp³-hybridized carbons (Fsp3) is 0.389. The molecule has 116 valence electrons. The Morgan fingerprint density at radius 3 is 2.45 bits per heavy atom. The van der Waals surface area contributed by atoms with E-state index in [0.29, 0.717) is 0 Å². The molecule has 22 heavy (non-hydrogen) atoms. The fourth-order valence-electron chi connectivity index (χ4n) is 2.42. The number of hydrogen-bond acceptors (Lipinski definition) is 3. The van der Waals surface area contributed by atoms with Gasteiger partial charge in [0.15, 0.2) is 0 Å². The molecule has 1 N–H and O–H groups in total. The summed E-state index contributed by atoms with van der Waals surface area (Å²) in [4.78, 5) is 19.1. The Hall–Kier alpha value is -2.23. The summed E-state index contributed by atoms with van der Waals surface area (Å²) < 4.78 is 0. The molecular formula is C18H22N2O2. The van der Waals surface area contributed by atoms with E-state index < -0.39 is 5.97 Å². The summed E-state index contributed by atoms with van der Waals surface area (Å²) in [6.07, 6.45) is 10.1. The van der Waals surface area contributed by atoms with Gasteiger partial charge in [0.25, 0.3) is 0 Å². The van der Waals surface area contributed by atoms with Crippen LogP contribution in [-0.2, 0) is 11.2 Å². The maximum absolute atomic E-state index is 10.4. The minimum absolute atomic E-state index is 0.289. The number of carboxylic acids is 1. The van der Waals surface area contributed by atoms with Crippen molar-refractivity contribution in [3.8, 4) is 11.4 Å². The number of pyridine rings is 2. The van der Waals surface area contributed by atoms with Crippen LogP contribution in [0.4, 0.5) is 0 Å². The Morgan fingerprint density at radius 2 is 1.68 bits per heavy atom. The van der Waals surface area contributed by atoms with Gasteiger partial charge in [0.2, 0.25) is 0 Å². The average molecular weight is 298 g/mol. The number of carboxylic acid groups (broad SMARTS) is 1. The maximum atomic E-state index is 10.4. The number of nitrogens with zero attached hydrogens (tertiary/aromatic N) is 2. The van der Waals surface area contributed by atoms with Crippen LogP contribution in [0.2, 0.25) is 0 Å². The second-order valence-corrected chi connectivity index (χ2v) is 5.43. The summed E-state index contributed by atoms with van der Waals surface area (Å²) in [5.41, 5.74) is 3.10. The lowest BCUT2D eigenvalue weighted by atomic mass is 10.0. The minimum atomic E-state index is -0.696. The van der Waals surface area contributed by atoms with Crippen molar-refractivity contribution in [1.82, 2.24) is 9.97 Å². The van der Waals surface area contributed by atoms with Crippen molar-refractivity contribution in [3.63, 3.8) is 0 Å². The second kappa shape index (κ2) is 8.93. The number of aliphatic carboxylic acids is 1. The van der Waals surface area contributed by atoms with Crippen molar-refractivity contribution in [2.24, 2.45) is 0 Å². The van der Waals surface area contributed by atoms with Crippen LogP contribution in [0.3, 0.4) is 0 Å². The molecule has 2 heterocycles. The zero-order valence-electron chi connectivity index (χ0n) is 12.7. The van der Waals surface area contributed by atoms with Gasteiger partial charge < -0.3 is 5.11 Å². The molecule has 0 saturated heterocycles. The SMILES string of the molecule is O=C(O)CCCCCCCc1ccnc(-c2ccccn2)c1. The van der Waals surface area contributed by atoms with Crippen molar-refractivity contribution < 1.29 is 9.90 Å². The molecule has 4 heteroatoms. The highest BCUT2D eigenvalue weighted by atomic mass is 16.4. The number of aromatic nitrogens is 2. The van der Waals surface area contributed by atoms with Gasteiger partial charge in [0, 0.05) is 18.8 Å². The number of carbonyl (C=O) groups is 1. The smallest absolute Gasteiger partial charge is 0.303 e. The van der Waals surface area contributed by atoms with Crippen molar-refractivity contribution in [1.29, 1.82) is 0 Å². The Balaban J connectivity index is 1.74. The first-order valence-electron chi connectivity index (χ1n) is 7.84. The summed E-state index contributed by atoms with van der Waals surface area (Å²) in [6, 6.07) is 9.99. The Morgan fingerprint density at radius 1 is 0.909 bits per heavy atom. The molecule has 0 amide bonds. The molecular weight excluding hydrogens is 276 g/mol. The first-order chi connectivity index (χ1) is 10.8. The van der Waals surface area contributed by atoms with Gasteiger partial charge >= 0.3 is 5.97 Å². The van der Waals surface area contributed by atoms with E-state index in [1.165, 1.54) is 5.56 Å². The second-order valence-electron chi connectivity index (χ2n) is 5.43. The zero-order chi connectivity index (χ0) is 15.6. The summed E-state index contributed by atoms with van der Waals surface area (Å²) >= 11 is 0. The largest absolute Gasteiger partial charge is 0.481 e. The Labute approximate surface area is 131 Å². The standard InChI is InChI=1S/C18H22N2O2/c21-18(22)10-5-3-1-2-4-8-15-11-13-20-17(14-15)16-9-6-7-12-19-16/h6-7,9,11-14H,1-5,8,10H2,(H,21,22). The van der Waals surface area contributed by atoms with Crippen LogP contribution >= 0.6 is 0 Å². The summed E-state index contributed by atoms with van der Waals surface area (Å²) in [6.45, 7) is 0. The van der Waals surface area contributed by atoms with Crippen LogP contribution in [0, 0.1) is 0 Å². The molecule has 0 fully saturated rings. The third kappa shape index (κ3) is 5.64. The highest BCUT2D eigenvalue weighted by molar-refractivity contribution is 5.66. The molecule has 0 atom stereocenters. The molecule has 0 aromatic carbocycles. The molecule has 0 aliphatic carbocycles. The summed E-state index contributed by atoms with van der Waals surface area (Å²) in [5, 5.41) is 8.57. The van der Waals surface area contributed by atoms with Crippen molar-refractivity contribution in [3.05, 3.63) is 48.3 Å². The lowest BCUT2D eigenvalue weighted by Gasteiger charge is -2.04. The van der Waals surface area contributed by atoms with Gasteiger partial charge in [0.1, 0.15) is 0 Å². The van der Waals surface area contributed by atoms with Gasteiger partial charge in [-0.15, -0.1) is 0 Å². The molecule has 0 radical (unpaired) electrons. The van der Waals surface area contributed by atoms with Crippen molar-refractivity contribution in [2.45, 2.75) is 44.9 Å². The predicted molar refractivity (Wildman–Crippen MR) is 86.5 cm³/mol. The maximum Gasteiger partial charge on any atom is 0.303 e. The minimum Gasteiger partial charge on any atom is -0.481 e. The zero-order valence-corrected chi connectivity index (χ0v) is 12.7. The highest BCUT2D eigenvalue weighted by Crippen LogP contribution is 2.16. The van der Waals surface area contributed by atoms with E-state index in [-0.39, 0.29) is 6.42 Å². The highest BCUT2D eigenvalue weighted by Gasteiger charge is 2.02. The number of hydrogen-bond donors (Lipinski definition) is 1. The van der Waals surface area contributed by atoms with Gasteiger partial charge in [0.05, 0.1) is 11.4 Å². The van der Waals surface area contributed by atoms with E-state index in [1.807, 2.05) is 24.4 Å². The monoisotopic (exact) mass is 298 g/mol. The lowest BCUT2D eigenvalue weighted by Crippen LogP contribution is -1.94. The van der Waals surface area contributed by atoms with Crippen LogP contribution in [0.25, 0.3) is 11.4 Å². The molecule has 0 unspecified atom stereocenters. The number of aryl methyl sites for hydroxylation is 1. The third-order valence-electron chi connectivity index (χ3n) is 3.61. The van der Waals surface area contributed by atoms with Crippen LogP contribution in [-0.4, -0.2) is 21.0 Å². The lowest BCUT2D eigenvalue weighted by molar-refractivity contribution is -0.137. The van der Waals surface area contributed by atoms with Crippen LogP contribution in [0.1, 0.15) is 44.1 Å². The topological polar surface area (TPSA) is 63.1 Å². The average Bonchev–Trinajstić information content (AvgIpc) is 2.55. The quantitative estimate of drug-likeness (QED) is 0.708. The Bertz CT molecular complexity index is 585. The van der Waals surface area contributed by atoms with Crippen molar-refractivity contribution in [2.75, 3.05) is 0 Å². The molecule has 2 aromatic rings.